The van der Waals surface area contributed by atoms with Crippen molar-refractivity contribution in [2.45, 2.75) is 19.4 Å². The first kappa shape index (κ1) is 11.5. The summed E-state index contributed by atoms with van der Waals surface area (Å²) in [5.74, 6) is -0.144. The lowest BCUT2D eigenvalue weighted by Gasteiger charge is -2.11. The Labute approximate surface area is 98.8 Å². The van der Waals surface area contributed by atoms with E-state index in [4.69, 9.17) is 5.73 Å². The molecule has 6 nitrogen and oxygen atoms in total. The van der Waals surface area contributed by atoms with Crippen LogP contribution in [0.1, 0.15) is 23.7 Å². The number of aromatic nitrogens is 3. The highest BCUT2D eigenvalue weighted by Gasteiger charge is 2.14. The standard InChI is InChI=1S/C11H15N5O/c1-8(2-3-12)15-11(17)9-6-14-16-5-4-13-7-10(9)16/h4-8H,2-3,12H2,1H3,(H,15,17). The molecule has 2 heterocycles. The van der Waals surface area contributed by atoms with Crippen LogP contribution in [0.4, 0.5) is 0 Å². The van der Waals surface area contributed by atoms with Crippen molar-refractivity contribution in [3.05, 3.63) is 30.4 Å². The van der Waals surface area contributed by atoms with Gasteiger partial charge < -0.3 is 11.1 Å². The van der Waals surface area contributed by atoms with Crippen LogP contribution in [0.2, 0.25) is 0 Å². The van der Waals surface area contributed by atoms with Crippen LogP contribution in [0, 0.1) is 0 Å². The molecule has 0 bridgehead atoms. The summed E-state index contributed by atoms with van der Waals surface area (Å²) in [5, 5.41) is 6.96. The minimum absolute atomic E-state index is 0.0547. The van der Waals surface area contributed by atoms with E-state index in [0.29, 0.717) is 17.6 Å². The molecule has 90 valence electrons. The first-order valence-electron chi connectivity index (χ1n) is 5.50. The van der Waals surface area contributed by atoms with E-state index in [-0.39, 0.29) is 11.9 Å². The number of fused-ring (bicyclic) bond motifs is 1. The van der Waals surface area contributed by atoms with Crippen LogP contribution in [0.15, 0.2) is 24.8 Å². The Bertz CT molecular complexity index is 521. The van der Waals surface area contributed by atoms with Crippen molar-refractivity contribution in [2.24, 2.45) is 5.73 Å². The zero-order chi connectivity index (χ0) is 12.3. The summed E-state index contributed by atoms with van der Waals surface area (Å²) in [6.07, 6.45) is 7.24. The summed E-state index contributed by atoms with van der Waals surface area (Å²) in [4.78, 5) is 16.0. The number of carbonyl (C=O) groups excluding carboxylic acids is 1. The fourth-order valence-electron chi connectivity index (χ4n) is 1.63. The summed E-state index contributed by atoms with van der Waals surface area (Å²) in [6.45, 7) is 2.48. The smallest absolute Gasteiger partial charge is 0.255 e. The molecule has 1 atom stereocenters. The normalized spacial score (nSPS) is 12.6. The van der Waals surface area contributed by atoms with E-state index >= 15 is 0 Å². The minimum Gasteiger partial charge on any atom is -0.349 e. The van der Waals surface area contributed by atoms with E-state index in [0.717, 1.165) is 6.42 Å². The number of carbonyl (C=O) groups is 1. The van der Waals surface area contributed by atoms with Crippen LogP contribution in [0.5, 0.6) is 0 Å². The Morgan fingerprint density at radius 3 is 3.18 bits per heavy atom. The number of amides is 1. The molecule has 0 radical (unpaired) electrons. The molecule has 1 amide bonds. The van der Waals surface area contributed by atoms with Crippen LogP contribution in [-0.4, -0.2) is 33.1 Å². The van der Waals surface area contributed by atoms with Gasteiger partial charge in [0.25, 0.3) is 5.91 Å². The molecule has 2 aromatic heterocycles. The zero-order valence-corrected chi connectivity index (χ0v) is 9.63. The van der Waals surface area contributed by atoms with Crippen molar-refractivity contribution in [1.29, 1.82) is 0 Å². The maximum atomic E-state index is 12.0. The second-order valence-electron chi connectivity index (χ2n) is 3.92. The van der Waals surface area contributed by atoms with Crippen molar-refractivity contribution in [3.8, 4) is 0 Å². The van der Waals surface area contributed by atoms with E-state index in [9.17, 15) is 4.79 Å². The van der Waals surface area contributed by atoms with Gasteiger partial charge in [0.2, 0.25) is 0 Å². The SMILES string of the molecule is CC(CCN)NC(=O)c1cnn2ccncc12. The predicted octanol–water partition coefficient (Wildman–Crippen LogP) is 0.196. The van der Waals surface area contributed by atoms with E-state index in [1.165, 1.54) is 0 Å². The lowest BCUT2D eigenvalue weighted by atomic mass is 10.2. The molecule has 17 heavy (non-hydrogen) atoms. The van der Waals surface area contributed by atoms with Gasteiger partial charge in [-0.1, -0.05) is 0 Å². The lowest BCUT2D eigenvalue weighted by Crippen LogP contribution is -2.33. The number of nitrogens with zero attached hydrogens (tertiary/aromatic N) is 3. The van der Waals surface area contributed by atoms with Gasteiger partial charge in [0.1, 0.15) is 0 Å². The Morgan fingerprint density at radius 1 is 1.59 bits per heavy atom. The fraction of sp³-hybridized carbons (Fsp3) is 0.364. The zero-order valence-electron chi connectivity index (χ0n) is 9.63. The molecule has 2 aromatic rings. The molecule has 6 heteroatoms. The van der Waals surface area contributed by atoms with Gasteiger partial charge in [-0.2, -0.15) is 5.10 Å². The topological polar surface area (TPSA) is 85.3 Å². The minimum atomic E-state index is -0.144. The third-order valence-electron chi connectivity index (χ3n) is 2.55. The highest BCUT2D eigenvalue weighted by atomic mass is 16.1. The monoisotopic (exact) mass is 233 g/mol. The number of hydrogen-bond acceptors (Lipinski definition) is 4. The van der Waals surface area contributed by atoms with E-state index in [1.807, 2.05) is 6.92 Å². The van der Waals surface area contributed by atoms with Crippen molar-refractivity contribution in [1.82, 2.24) is 19.9 Å². The van der Waals surface area contributed by atoms with Crippen molar-refractivity contribution in [3.63, 3.8) is 0 Å². The number of hydrogen-bond donors (Lipinski definition) is 2. The first-order chi connectivity index (χ1) is 8.22. The summed E-state index contributed by atoms with van der Waals surface area (Å²) in [7, 11) is 0. The Hall–Kier alpha value is -1.95. The molecule has 0 aliphatic rings. The van der Waals surface area contributed by atoms with Gasteiger partial charge in [0.05, 0.1) is 23.5 Å². The van der Waals surface area contributed by atoms with Crippen LogP contribution in [-0.2, 0) is 0 Å². The van der Waals surface area contributed by atoms with E-state index in [2.05, 4.69) is 15.4 Å². The molecule has 3 N–H and O–H groups in total. The van der Waals surface area contributed by atoms with Gasteiger partial charge >= 0.3 is 0 Å². The van der Waals surface area contributed by atoms with Gasteiger partial charge in [-0.05, 0) is 19.9 Å². The van der Waals surface area contributed by atoms with Crippen molar-refractivity contribution in [2.75, 3.05) is 6.54 Å². The molecule has 2 rings (SSSR count). The summed E-state index contributed by atoms with van der Waals surface area (Å²) >= 11 is 0. The molecule has 0 aromatic carbocycles. The van der Waals surface area contributed by atoms with Gasteiger partial charge in [0, 0.05) is 18.4 Å². The Morgan fingerprint density at radius 2 is 2.41 bits per heavy atom. The van der Waals surface area contributed by atoms with Crippen LogP contribution >= 0.6 is 0 Å². The lowest BCUT2D eigenvalue weighted by molar-refractivity contribution is 0.0940. The molecule has 0 fully saturated rings. The van der Waals surface area contributed by atoms with Crippen molar-refractivity contribution >= 4 is 11.4 Å². The summed E-state index contributed by atoms with van der Waals surface area (Å²) < 4.78 is 1.62. The van der Waals surface area contributed by atoms with Crippen LogP contribution in [0.25, 0.3) is 5.52 Å². The van der Waals surface area contributed by atoms with Crippen molar-refractivity contribution < 1.29 is 4.79 Å². The Balaban J connectivity index is 2.19. The fourth-order valence-corrected chi connectivity index (χ4v) is 1.63. The molecule has 0 aliphatic carbocycles. The molecule has 1 unspecified atom stereocenters. The second kappa shape index (κ2) is 4.92. The maximum Gasteiger partial charge on any atom is 0.255 e. The van der Waals surface area contributed by atoms with Gasteiger partial charge in [-0.25, -0.2) is 4.52 Å². The van der Waals surface area contributed by atoms with Gasteiger partial charge in [-0.15, -0.1) is 0 Å². The maximum absolute atomic E-state index is 12.0. The van der Waals surface area contributed by atoms with E-state index < -0.39 is 0 Å². The molecule has 0 spiro atoms. The first-order valence-corrected chi connectivity index (χ1v) is 5.50. The third-order valence-corrected chi connectivity index (χ3v) is 2.55. The molecule has 0 saturated heterocycles. The average molecular weight is 233 g/mol. The number of nitrogens with two attached hydrogens (primary N) is 1. The molecule has 0 aliphatic heterocycles. The molecular formula is C11H15N5O. The molecular weight excluding hydrogens is 218 g/mol. The highest BCUT2D eigenvalue weighted by Crippen LogP contribution is 2.08. The van der Waals surface area contributed by atoms with E-state index in [1.54, 1.807) is 29.3 Å². The number of rotatable bonds is 4. The second-order valence-corrected chi connectivity index (χ2v) is 3.92. The largest absolute Gasteiger partial charge is 0.349 e. The van der Waals surface area contributed by atoms with Crippen LogP contribution in [0.3, 0.4) is 0 Å². The quantitative estimate of drug-likeness (QED) is 0.789. The summed E-state index contributed by atoms with van der Waals surface area (Å²) in [6, 6.07) is 0.0547. The average Bonchev–Trinajstić information content (AvgIpc) is 2.72. The number of nitrogens with one attached hydrogen (secondary N) is 1. The molecule has 0 saturated carbocycles. The Kier molecular flexibility index (Phi) is 3.34. The predicted molar refractivity (Wildman–Crippen MR) is 63.6 cm³/mol. The summed E-state index contributed by atoms with van der Waals surface area (Å²) in [5.41, 5.74) is 6.67. The van der Waals surface area contributed by atoms with Gasteiger partial charge in [-0.3, -0.25) is 9.78 Å². The van der Waals surface area contributed by atoms with Crippen LogP contribution < -0.4 is 11.1 Å². The van der Waals surface area contributed by atoms with Gasteiger partial charge in [0.15, 0.2) is 0 Å². The highest BCUT2D eigenvalue weighted by molar-refractivity contribution is 6.00. The third kappa shape index (κ3) is 2.42.